The molecule has 2 aromatic heterocycles. The maximum atomic E-state index is 10.4. The largest absolute Gasteiger partial charge is 0.493 e. The molecule has 0 aliphatic rings. The molecule has 0 amide bonds. The van der Waals surface area contributed by atoms with E-state index in [4.69, 9.17) is 4.74 Å². The van der Waals surface area contributed by atoms with Gasteiger partial charge in [-0.3, -0.25) is 4.79 Å². The van der Waals surface area contributed by atoms with E-state index in [1.807, 2.05) is 0 Å². The van der Waals surface area contributed by atoms with Crippen molar-refractivity contribution in [3.05, 3.63) is 36.3 Å². The lowest BCUT2D eigenvalue weighted by Gasteiger charge is -1.98. The molecule has 0 saturated carbocycles. The Morgan fingerprint density at radius 2 is 2.27 bits per heavy atom. The molecular weight excluding hydrogens is 194 g/mol. The molecule has 0 aliphatic carbocycles. The van der Waals surface area contributed by atoms with Gasteiger partial charge in [0.1, 0.15) is 0 Å². The molecule has 0 bridgehead atoms. The van der Waals surface area contributed by atoms with E-state index in [-0.39, 0.29) is 0 Å². The first-order valence-electron chi connectivity index (χ1n) is 4.34. The van der Waals surface area contributed by atoms with Crippen LogP contribution < -0.4 is 4.74 Å². The number of hydrogen-bond donors (Lipinski definition) is 0. The van der Waals surface area contributed by atoms with Crippen LogP contribution in [0.15, 0.2) is 30.7 Å². The van der Waals surface area contributed by atoms with E-state index < -0.39 is 0 Å². The fourth-order valence-electron chi connectivity index (χ4n) is 1.14. The van der Waals surface area contributed by atoms with Gasteiger partial charge in [-0.15, -0.1) is 0 Å². The third-order valence-electron chi connectivity index (χ3n) is 1.94. The maximum absolute atomic E-state index is 10.4. The quantitative estimate of drug-likeness (QED) is 0.700. The van der Waals surface area contributed by atoms with Crippen molar-refractivity contribution in [3.8, 4) is 11.6 Å². The second-order valence-corrected chi connectivity index (χ2v) is 2.89. The summed E-state index contributed by atoms with van der Waals surface area (Å²) in [7, 11) is 1.57. The molecule has 76 valence electrons. The van der Waals surface area contributed by atoms with Crippen LogP contribution >= 0.6 is 0 Å². The van der Waals surface area contributed by atoms with E-state index in [1.165, 1.54) is 6.20 Å². The minimum atomic E-state index is 0.540. The Bertz CT molecular complexity index is 462. The van der Waals surface area contributed by atoms with Crippen molar-refractivity contribution in [1.82, 2.24) is 14.8 Å². The van der Waals surface area contributed by atoms with E-state index in [0.29, 0.717) is 17.1 Å². The number of carbonyl (C=O) groups is 1. The number of aromatic nitrogens is 3. The number of aldehydes is 1. The number of nitrogens with zero attached hydrogens (tertiary/aromatic N) is 3. The van der Waals surface area contributed by atoms with E-state index in [0.717, 1.165) is 6.29 Å². The predicted molar refractivity (Wildman–Crippen MR) is 53.3 cm³/mol. The summed E-state index contributed by atoms with van der Waals surface area (Å²) in [6.07, 6.45) is 5.55. The summed E-state index contributed by atoms with van der Waals surface area (Å²) in [5, 5.41) is 4.05. The lowest BCUT2D eigenvalue weighted by Crippen LogP contribution is -1.97. The topological polar surface area (TPSA) is 57.0 Å². The molecule has 0 spiro atoms. The van der Waals surface area contributed by atoms with E-state index in [9.17, 15) is 4.79 Å². The van der Waals surface area contributed by atoms with Gasteiger partial charge in [-0.25, -0.2) is 9.67 Å². The summed E-state index contributed by atoms with van der Waals surface area (Å²) >= 11 is 0. The highest BCUT2D eigenvalue weighted by Crippen LogP contribution is 2.11. The third kappa shape index (κ3) is 1.85. The van der Waals surface area contributed by atoms with Gasteiger partial charge >= 0.3 is 0 Å². The van der Waals surface area contributed by atoms with Crippen molar-refractivity contribution in [1.29, 1.82) is 0 Å². The van der Waals surface area contributed by atoms with Crippen molar-refractivity contribution in [3.63, 3.8) is 0 Å². The van der Waals surface area contributed by atoms with Gasteiger partial charge in [0.2, 0.25) is 0 Å². The first-order valence-corrected chi connectivity index (χ1v) is 4.34. The normalized spacial score (nSPS) is 9.93. The second-order valence-electron chi connectivity index (χ2n) is 2.89. The average molecular weight is 203 g/mol. The van der Waals surface area contributed by atoms with Gasteiger partial charge in [-0.1, -0.05) is 0 Å². The van der Waals surface area contributed by atoms with Crippen LogP contribution in [0.3, 0.4) is 0 Å². The zero-order valence-electron chi connectivity index (χ0n) is 8.12. The molecule has 0 N–H and O–H groups in total. The molecule has 0 aliphatic heterocycles. The Kier molecular flexibility index (Phi) is 2.45. The molecule has 15 heavy (non-hydrogen) atoms. The van der Waals surface area contributed by atoms with Crippen LogP contribution in [0.5, 0.6) is 5.75 Å². The molecule has 0 radical (unpaired) electrons. The Labute approximate surface area is 86.3 Å². The molecular formula is C10H9N3O2. The molecule has 0 aromatic carbocycles. The Hall–Kier alpha value is -2.17. The van der Waals surface area contributed by atoms with Gasteiger partial charge in [-0.05, 0) is 12.1 Å². The monoisotopic (exact) mass is 203 g/mol. The summed E-state index contributed by atoms with van der Waals surface area (Å²) in [5.41, 5.74) is 0.540. The van der Waals surface area contributed by atoms with Crippen LogP contribution in [0.1, 0.15) is 10.4 Å². The molecule has 2 heterocycles. The highest BCUT2D eigenvalue weighted by atomic mass is 16.5. The number of ether oxygens (including phenoxy) is 1. The number of methoxy groups -OCH3 is 1. The summed E-state index contributed by atoms with van der Waals surface area (Å²) in [6.45, 7) is 0. The Morgan fingerprint density at radius 1 is 1.40 bits per heavy atom. The van der Waals surface area contributed by atoms with Crippen molar-refractivity contribution in [2.45, 2.75) is 0 Å². The van der Waals surface area contributed by atoms with Gasteiger partial charge in [0, 0.05) is 11.8 Å². The first-order chi connectivity index (χ1) is 7.33. The van der Waals surface area contributed by atoms with Gasteiger partial charge in [-0.2, -0.15) is 5.10 Å². The number of hydrogen-bond acceptors (Lipinski definition) is 4. The molecule has 2 rings (SSSR count). The lowest BCUT2D eigenvalue weighted by molar-refractivity contribution is 0.112. The van der Waals surface area contributed by atoms with Crippen LogP contribution in [0.25, 0.3) is 5.82 Å². The number of pyridine rings is 1. The molecule has 0 saturated heterocycles. The average Bonchev–Trinajstić information content (AvgIpc) is 2.78. The van der Waals surface area contributed by atoms with E-state index >= 15 is 0 Å². The smallest absolute Gasteiger partial charge is 0.157 e. The fourth-order valence-corrected chi connectivity index (χ4v) is 1.14. The highest BCUT2D eigenvalue weighted by Gasteiger charge is 2.01. The maximum Gasteiger partial charge on any atom is 0.157 e. The Balaban J connectivity index is 2.32. The van der Waals surface area contributed by atoms with Crippen LogP contribution in [-0.4, -0.2) is 28.2 Å². The number of rotatable bonds is 3. The summed E-state index contributed by atoms with van der Waals surface area (Å²) in [6, 6.07) is 3.40. The highest BCUT2D eigenvalue weighted by molar-refractivity contribution is 5.74. The fraction of sp³-hybridized carbons (Fsp3) is 0.100. The van der Waals surface area contributed by atoms with E-state index in [2.05, 4.69) is 10.1 Å². The van der Waals surface area contributed by atoms with Crippen molar-refractivity contribution in [2.24, 2.45) is 0 Å². The number of carbonyl (C=O) groups excluding carboxylic acids is 1. The first kappa shape index (κ1) is 9.39. The van der Waals surface area contributed by atoms with Crippen molar-refractivity contribution >= 4 is 6.29 Å². The van der Waals surface area contributed by atoms with Crippen LogP contribution in [-0.2, 0) is 0 Å². The van der Waals surface area contributed by atoms with Crippen LogP contribution in [0.4, 0.5) is 0 Å². The minimum absolute atomic E-state index is 0.540. The summed E-state index contributed by atoms with van der Waals surface area (Å²) < 4.78 is 6.57. The van der Waals surface area contributed by atoms with Gasteiger partial charge in [0.15, 0.2) is 17.9 Å². The SMILES string of the molecule is COc1cnn(-c2ccc(C=O)cn2)c1. The van der Waals surface area contributed by atoms with Crippen LogP contribution in [0.2, 0.25) is 0 Å². The molecule has 0 unspecified atom stereocenters. The Morgan fingerprint density at radius 3 is 2.80 bits per heavy atom. The van der Waals surface area contributed by atoms with Gasteiger partial charge in [0.05, 0.1) is 19.5 Å². The van der Waals surface area contributed by atoms with E-state index in [1.54, 1.807) is 36.3 Å². The van der Waals surface area contributed by atoms with Gasteiger partial charge in [0.25, 0.3) is 0 Å². The zero-order chi connectivity index (χ0) is 10.7. The third-order valence-corrected chi connectivity index (χ3v) is 1.94. The molecule has 5 nitrogen and oxygen atoms in total. The molecule has 0 atom stereocenters. The van der Waals surface area contributed by atoms with Crippen molar-refractivity contribution < 1.29 is 9.53 Å². The zero-order valence-corrected chi connectivity index (χ0v) is 8.12. The lowest BCUT2D eigenvalue weighted by atomic mass is 10.3. The second kappa shape index (κ2) is 3.91. The molecule has 2 aromatic rings. The standard InChI is InChI=1S/C10H9N3O2/c1-15-9-5-12-13(6-9)10-3-2-8(7-14)4-11-10/h2-7H,1H3. The van der Waals surface area contributed by atoms with Crippen LogP contribution in [0, 0.1) is 0 Å². The van der Waals surface area contributed by atoms with Crippen molar-refractivity contribution in [2.75, 3.05) is 7.11 Å². The van der Waals surface area contributed by atoms with Gasteiger partial charge < -0.3 is 4.74 Å². The summed E-state index contributed by atoms with van der Waals surface area (Å²) in [5.74, 6) is 1.31. The molecule has 0 fully saturated rings. The minimum Gasteiger partial charge on any atom is -0.493 e. The predicted octanol–water partition coefficient (Wildman–Crippen LogP) is 1.09. The summed E-state index contributed by atoms with van der Waals surface area (Å²) in [4.78, 5) is 14.5. The molecule has 5 heteroatoms.